The number of para-hydroxylation sites is 1. The zero-order chi connectivity index (χ0) is 13.4. The van der Waals surface area contributed by atoms with E-state index in [9.17, 15) is 4.79 Å². The molecule has 1 aromatic rings. The third-order valence-electron chi connectivity index (χ3n) is 3.35. The Hall–Kier alpha value is -1.51. The Morgan fingerprint density at radius 2 is 1.83 bits per heavy atom. The summed E-state index contributed by atoms with van der Waals surface area (Å²) in [6.45, 7) is 5.89. The first-order chi connectivity index (χ1) is 8.67. The van der Waals surface area contributed by atoms with Gasteiger partial charge in [-0.25, -0.2) is 0 Å². The molecule has 3 nitrogen and oxygen atoms in total. The fraction of sp³-hybridized carbons (Fsp3) is 0.533. The Morgan fingerprint density at radius 1 is 1.22 bits per heavy atom. The molecule has 0 aromatic heterocycles. The van der Waals surface area contributed by atoms with E-state index in [4.69, 9.17) is 5.11 Å². The maximum Gasteiger partial charge on any atom is 0.305 e. The first kappa shape index (κ1) is 14.6. The molecule has 0 fully saturated rings. The summed E-state index contributed by atoms with van der Waals surface area (Å²) in [4.78, 5) is 12.9. The van der Waals surface area contributed by atoms with Gasteiger partial charge in [-0.05, 0) is 18.1 Å². The Bertz CT molecular complexity index is 347. The monoisotopic (exact) mass is 249 g/mol. The summed E-state index contributed by atoms with van der Waals surface area (Å²) in [7, 11) is 0. The number of carbonyl (C=O) groups is 1. The van der Waals surface area contributed by atoms with E-state index in [2.05, 4.69) is 18.7 Å². The van der Waals surface area contributed by atoms with Crippen LogP contribution in [0.15, 0.2) is 30.3 Å². The second kappa shape index (κ2) is 7.75. The normalized spacial score (nSPS) is 10.6. The van der Waals surface area contributed by atoms with E-state index in [1.807, 2.05) is 30.3 Å². The minimum Gasteiger partial charge on any atom is -0.481 e. The van der Waals surface area contributed by atoms with Gasteiger partial charge in [0.2, 0.25) is 0 Å². The SMILES string of the molecule is CCC(CC)CN(CCC(=O)O)c1ccccc1. The molecule has 0 spiro atoms. The lowest BCUT2D eigenvalue weighted by Crippen LogP contribution is -2.31. The maximum atomic E-state index is 10.7. The first-order valence-electron chi connectivity index (χ1n) is 6.69. The fourth-order valence-corrected chi connectivity index (χ4v) is 2.05. The highest BCUT2D eigenvalue weighted by Crippen LogP contribution is 2.18. The van der Waals surface area contributed by atoms with Gasteiger partial charge in [0.15, 0.2) is 0 Å². The molecule has 0 bridgehead atoms. The Labute approximate surface area is 109 Å². The number of hydrogen-bond donors (Lipinski definition) is 1. The largest absolute Gasteiger partial charge is 0.481 e. The van der Waals surface area contributed by atoms with E-state index in [-0.39, 0.29) is 6.42 Å². The molecular formula is C15H23NO2. The van der Waals surface area contributed by atoms with Crippen molar-refractivity contribution in [2.45, 2.75) is 33.1 Å². The molecule has 0 atom stereocenters. The molecule has 0 amide bonds. The Morgan fingerprint density at radius 3 is 2.33 bits per heavy atom. The Balaban J connectivity index is 2.71. The topological polar surface area (TPSA) is 40.5 Å². The predicted octanol–water partition coefficient (Wildman–Crippen LogP) is 3.40. The minimum atomic E-state index is -0.736. The molecule has 0 heterocycles. The minimum absolute atomic E-state index is 0.190. The van der Waals surface area contributed by atoms with Crippen LogP contribution in [0.4, 0.5) is 5.69 Å². The third kappa shape index (κ3) is 4.78. The van der Waals surface area contributed by atoms with Crippen molar-refractivity contribution in [3.8, 4) is 0 Å². The summed E-state index contributed by atoms with van der Waals surface area (Å²) in [5.41, 5.74) is 1.12. The molecule has 0 aliphatic carbocycles. The summed E-state index contributed by atoms with van der Waals surface area (Å²) in [6, 6.07) is 10.1. The van der Waals surface area contributed by atoms with Crippen LogP contribution in [0, 0.1) is 5.92 Å². The average Bonchev–Trinajstić information content (AvgIpc) is 2.40. The van der Waals surface area contributed by atoms with Crippen molar-refractivity contribution in [3.63, 3.8) is 0 Å². The standard InChI is InChI=1S/C15H23NO2/c1-3-13(4-2)12-16(11-10-15(17)18)14-8-6-5-7-9-14/h5-9,13H,3-4,10-12H2,1-2H3,(H,17,18). The number of rotatable bonds is 8. The zero-order valence-electron chi connectivity index (χ0n) is 11.3. The molecule has 0 radical (unpaired) electrons. The van der Waals surface area contributed by atoms with E-state index in [1.54, 1.807) is 0 Å². The van der Waals surface area contributed by atoms with Crippen LogP contribution >= 0.6 is 0 Å². The van der Waals surface area contributed by atoms with E-state index in [0.717, 1.165) is 25.1 Å². The molecule has 1 aromatic carbocycles. The van der Waals surface area contributed by atoms with Gasteiger partial charge >= 0.3 is 5.97 Å². The second-order valence-electron chi connectivity index (χ2n) is 4.61. The quantitative estimate of drug-likeness (QED) is 0.767. The molecule has 0 aliphatic rings. The van der Waals surface area contributed by atoms with E-state index in [1.165, 1.54) is 0 Å². The molecule has 3 heteroatoms. The summed E-state index contributed by atoms with van der Waals surface area (Å²) < 4.78 is 0. The lowest BCUT2D eigenvalue weighted by Gasteiger charge is -2.28. The fourth-order valence-electron chi connectivity index (χ4n) is 2.05. The third-order valence-corrected chi connectivity index (χ3v) is 3.35. The number of hydrogen-bond acceptors (Lipinski definition) is 2. The summed E-state index contributed by atoms with van der Waals surface area (Å²) >= 11 is 0. The van der Waals surface area contributed by atoms with Crippen molar-refractivity contribution in [2.75, 3.05) is 18.0 Å². The van der Waals surface area contributed by atoms with Gasteiger partial charge in [-0.1, -0.05) is 44.9 Å². The zero-order valence-corrected chi connectivity index (χ0v) is 11.3. The van der Waals surface area contributed by atoms with Crippen LogP contribution in [0.1, 0.15) is 33.1 Å². The van der Waals surface area contributed by atoms with Crippen molar-refractivity contribution in [3.05, 3.63) is 30.3 Å². The number of carboxylic acids is 1. The number of carboxylic acid groups (broad SMARTS) is 1. The smallest absolute Gasteiger partial charge is 0.305 e. The predicted molar refractivity (Wildman–Crippen MR) is 75.0 cm³/mol. The molecule has 0 aliphatic heterocycles. The number of anilines is 1. The van der Waals surface area contributed by atoms with Crippen molar-refractivity contribution >= 4 is 11.7 Å². The number of aliphatic carboxylic acids is 1. The van der Waals surface area contributed by atoms with Crippen LogP contribution < -0.4 is 4.90 Å². The average molecular weight is 249 g/mol. The molecular weight excluding hydrogens is 226 g/mol. The van der Waals surface area contributed by atoms with E-state index in [0.29, 0.717) is 12.5 Å². The lowest BCUT2D eigenvalue weighted by atomic mass is 10.0. The van der Waals surface area contributed by atoms with Crippen molar-refractivity contribution in [1.29, 1.82) is 0 Å². The van der Waals surface area contributed by atoms with Gasteiger partial charge in [-0.3, -0.25) is 4.79 Å². The Kier molecular flexibility index (Phi) is 6.26. The number of benzene rings is 1. The molecule has 18 heavy (non-hydrogen) atoms. The van der Waals surface area contributed by atoms with Crippen LogP contribution in [-0.2, 0) is 4.79 Å². The highest BCUT2D eigenvalue weighted by atomic mass is 16.4. The van der Waals surface area contributed by atoms with Gasteiger partial charge in [0.1, 0.15) is 0 Å². The molecule has 100 valence electrons. The van der Waals surface area contributed by atoms with Gasteiger partial charge in [0, 0.05) is 18.8 Å². The first-order valence-corrected chi connectivity index (χ1v) is 6.69. The highest BCUT2D eigenvalue weighted by molar-refractivity contribution is 5.67. The molecule has 1 N–H and O–H groups in total. The summed E-state index contributed by atoms with van der Waals surface area (Å²) in [5, 5.41) is 8.83. The summed E-state index contributed by atoms with van der Waals surface area (Å²) in [5.74, 6) is -0.112. The van der Waals surface area contributed by atoms with Gasteiger partial charge in [0.25, 0.3) is 0 Å². The van der Waals surface area contributed by atoms with Crippen LogP contribution in [0.5, 0.6) is 0 Å². The van der Waals surface area contributed by atoms with E-state index >= 15 is 0 Å². The highest BCUT2D eigenvalue weighted by Gasteiger charge is 2.13. The van der Waals surface area contributed by atoms with Gasteiger partial charge in [-0.2, -0.15) is 0 Å². The van der Waals surface area contributed by atoms with Crippen molar-refractivity contribution in [2.24, 2.45) is 5.92 Å². The molecule has 1 rings (SSSR count). The second-order valence-corrected chi connectivity index (χ2v) is 4.61. The van der Waals surface area contributed by atoms with Crippen molar-refractivity contribution < 1.29 is 9.90 Å². The van der Waals surface area contributed by atoms with Gasteiger partial charge in [-0.15, -0.1) is 0 Å². The molecule has 0 unspecified atom stereocenters. The van der Waals surface area contributed by atoms with Crippen LogP contribution in [0.25, 0.3) is 0 Å². The van der Waals surface area contributed by atoms with Gasteiger partial charge in [0.05, 0.1) is 6.42 Å². The van der Waals surface area contributed by atoms with Crippen LogP contribution in [0.2, 0.25) is 0 Å². The molecule has 0 saturated carbocycles. The van der Waals surface area contributed by atoms with E-state index < -0.39 is 5.97 Å². The van der Waals surface area contributed by atoms with Gasteiger partial charge < -0.3 is 10.0 Å². The maximum absolute atomic E-state index is 10.7. The molecule has 0 saturated heterocycles. The van der Waals surface area contributed by atoms with Crippen molar-refractivity contribution in [1.82, 2.24) is 0 Å². The van der Waals surface area contributed by atoms with Crippen LogP contribution in [-0.4, -0.2) is 24.2 Å². The number of nitrogens with zero attached hydrogens (tertiary/aromatic N) is 1. The lowest BCUT2D eigenvalue weighted by molar-refractivity contribution is -0.136. The summed E-state index contributed by atoms with van der Waals surface area (Å²) in [6.07, 6.45) is 2.45. The van der Waals surface area contributed by atoms with Crippen LogP contribution in [0.3, 0.4) is 0 Å².